The molecule has 9 aromatic carbocycles. The van der Waals surface area contributed by atoms with Crippen LogP contribution in [0.25, 0.3) is 76.9 Å². The summed E-state index contributed by atoms with van der Waals surface area (Å²) in [5.74, 6) is 0. The van der Waals surface area contributed by atoms with Gasteiger partial charge in [0.1, 0.15) is 11.2 Å². The number of anilines is 3. The Labute approximate surface area is 302 Å². The molecule has 0 atom stereocenters. The molecule has 2 heteroatoms. The second-order valence-electron chi connectivity index (χ2n) is 13.3. The van der Waals surface area contributed by atoms with E-state index in [1.165, 1.54) is 49.4 Å². The van der Waals surface area contributed by atoms with Gasteiger partial charge in [0.2, 0.25) is 0 Å². The lowest BCUT2D eigenvalue weighted by Gasteiger charge is -2.29. The number of benzene rings is 9. The van der Waals surface area contributed by atoms with E-state index in [4.69, 9.17) is 4.42 Å². The largest absolute Gasteiger partial charge is 0.456 e. The summed E-state index contributed by atoms with van der Waals surface area (Å²) in [5.41, 5.74) is 12.2. The van der Waals surface area contributed by atoms with E-state index < -0.39 is 0 Å². The lowest BCUT2D eigenvalue weighted by Crippen LogP contribution is -2.11. The van der Waals surface area contributed by atoms with Crippen molar-refractivity contribution in [2.24, 2.45) is 0 Å². The lowest BCUT2D eigenvalue weighted by atomic mass is 9.85. The van der Waals surface area contributed by atoms with Crippen molar-refractivity contribution in [1.82, 2.24) is 0 Å². The fraction of sp³-hybridized carbons (Fsp3) is 0. The Morgan fingerprint density at radius 3 is 1.50 bits per heavy atom. The van der Waals surface area contributed by atoms with Gasteiger partial charge in [0, 0.05) is 27.7 Å². The Bertz CT molecular complexity index is 2890. The van der Waals surface area contributed by atoms with E-state index in [-0.39, 0.29) is 0 Å². The second-order valence-corrected chi connectivity index (χ2v) is 13.3. The zero-order valence-electron chi connectivity index (χ0n) is 28.4. The Morgan fingerprint density at radius 1 is 0.308 bits per heavy atom. The van der Waals surface area contributed by atoms with Crippen molar-refractivity contribution >= 4 is 60.5 Å². The summed E-state index contributed by atoms with van der Waals surface area (Å²) in [5, 5.41) is 7.13. The normalized spacial score (nSPS) is 11.5. The number of nitrogens with zero attached hydrogens (tertiary/aromatic N) is 1. The lowest BCUT2D eigenvalue weighted by molar-refractivity contribution is 0.669. The topological polar surface area (TPSA) is 16.4 Å². The van der Waals surface area contributed by atoms with Crippen LogP contribution >= 0.6 is 0 Å². The molecule has 0 N–H and O–H groups in total. The van der Waals surface area contributed by atoms with Gasteiger partial charge in [-0.05, 0) is 91.8 Å². The van der Waals surface area contributed by atoms with Gasteiger partial charge in [-0.2, -0.15) is 0 Å². The summed E-state index contributed by atoms with van der Waals surface area (Å²) in [7, 11) is 0. The smallest absolute Gasteiger partial charge is 0.135 e. The van der Waals surface area contributed by atoms with Crippen molar-refractivity contribution in [1.29, 1.82) is 0 Å². The predicted octanol–water partition coefficient (Wildman–Crippen LogP) is 14.4. The highest BCUT2D eigenvalue weighted by atomic mass is 16.3. The van der Waals surface area contributed by atoms with E-state index in [9.17, 15) is 0 Å². The van der Waals surface area contributed by atoms with Crippen molar-refractivity contribution in [3.05, 3.63) is 200 Å². The first-order chi connectivity index (χ1) is 25.8. The Balaban J connectivity index is 1.31. The fourth-order valence-electron chi connectivity index (χ4n) is 7.94. The Morgan fingerprint density at radius 2 is 0.788 bits per heavy atom. The highest BCUT2D eigenvalue weighted by Gasteiger charge is 2.22. The molecule has 0 spiro atoms. The predicted molar refractivity (Wildman–Crippen MR) is 220 cm³/mol. The zero-order chi connectivity index (χ0) is 34.4. The number of rotatable bonds is 6. The standard InChI is InChI=1S/C50H33NO/c1-4-16-34(17-5-1)39-22-12-14-26-46(39)51(38-29-31-48-44(32-38)42-24-13-15-27-47(42)52-48)37-28-30-41-40-23-10-11-25-43(40)49(35-18-6-2-7-19-35)50(45(41)33-37)36-20-8-3-9-21-36/h1-33H. The number of hydrogen-bond donors (Lipinski definition) is 0. The van der Waals surface area contributed by atoms with Gasteiger partial charge in [0.15, 0.2) is 0 Å². The third kappa shape index (κ3) is 4.96. The summed E-state index contributed by atoms with van der Waals surface area (Å²) in [6.07, 6.45) is 0. The maximum absolute atomic E-state index is 6.29. The summed E-state index contributed by atoms with van der Waals surface area (Å²) in [6, 6.07) is 71.8. The molecular formula is C50H33NO. The van der Waals surface area contributed by atoms with Gasteiger partial charge in [0.05, 0.1) is 5.69 Å². The van der Waals surface area contributed by atoms with Gasteiger partial charge in [-0.3, -0.25) is 0 Å². The van der Waals surface area contributed by atoms with E-state index in [1.807, 2.05) is 12.1 Å². The molecule has 0 aliphatic heterocycles. The highest BCUT2D eigenvalue weighted by molar-refractivity contribution is 6.22. The molecule has 52 heavy (non-hydrogen) atoms. The van der Waals surface area contributed by atoms with Crippen LogP contribution in [0.2, 0.25) is 0 Å². The molecular weight excluding hydrogens is 631 g/mol. The summed E-state index contributed by atoms with van der Waals surface area (Å²) >= 11 is 0. The average Bonchev–Trinajstić information content (AvgIpc) is 3.60. The summed E-state index contributed by atoms with van der Waals surface area (Å²) in [6.45, 7) is 0. The molecule has 1 aromatic heterocycles. The average molecular weight is 664 g/mol. The van der Waals surface area contributed by atoms with Gasteiger partial charge in [-0.1, -0.05) is 158 Å². The number of para-hydroxylation sites is 2. The maximum atomic E-state index is 6.29. The Hall–Kier alpha value is -6.90. The van der Waals surface area contributed by atoms with Crippen LogP contribution < -0.4 is 4.90 Å². The van der Waals surface area contributed by atoms with Gasteiger partial charge in [-0.25, -0.2) is 0 Å². The highest BCUT2D eigenvalue weighted by Crippen LogP contribution is 2.48. The third-order valence-electron chi connectivity index (χ3n) is 10.2. The molecule has 10 aromatic rings. The molecule has 1 heterocycles. The third-order valence-corrected chi connectivity index (χ3v) is 10.2. The molecule has 0 fully saturated rings. The molecule has 0 unspecified atom stereocenters. The van der Waals surface area contributed by atoms with E-state index in [2.05, 4.69) is 193 Å². The molecule has 244 valence electrons. The van der Waals surface area contributed by atoms with Gasteiger partial charge < -0.3 is 9.32 Å². The van der Waals surface area contributed by atoms with Crippen molar-refractivity contribution in [3.8, 4) is 33.4 Å². The number of fused-ring (bicyclic) bond motifs is 6. The van der Waals surface area contributed by atoms with Crippen LogP contribution in [0, 0.1) is 0 Å². The molecule has 0 saturated heterocycles. The minimum atomic E-state index is 0.880. The van der Waals surface area contributed by atoms with Crippen molar-refractivity contribution in [3.63, 3.8) is 0 Å². The first kappa shape index (κ1) is 30.0. The molecule has 0 aliphatic carbocycles. The van der Waals surface area contributed by atoms with E-state index in [1.54, 1.807) is 0 Å². The first-order valence-corrected chi connectivity index (χ1v) is 17.8. The van der Waals surface area contributed by atoms with Gasteiger partial charge in [-0.15, -0.1) is 0 Å². The van der Waals surface area contributed by atoms with Crippen LogP contribution in [0.1, 0.15) is 0 Å². The molecule has 0 saturated carbocycles. The maximum Gasteiger partial charge on any atom is 0.135 e. The van der Waals surface area contributed by atoms with Crippen molar-refractivity contribution in [2.45, 2.75) is 0 Å². The second kappa shape index (κ2) is 12.5. The zero-order valence-corrected chi connectivity index (χ0v) is 28.4. The molecule has 0 bridgehead atoms. The Kier molecular flexibility index (Phi) is 7.18. The molecule has 10 rings (SSSR count). The van der Waals surface area contributed by atoms with Crippen LogP contribution in [0.4, 0.5) is 17.1 Å². The van der Waals surface area contributed by atoms with E-state index in [0.29, 0.717) is 0 Å². The number of hydrogen-bond acceptors (Lipinski definition) is 2. The van der Waals surface area contributed by atoms with Crippen molar-refractivity contribution < 1.29 is 4.42 Å². The molecule has 2 nitrogen and oxygen atoms in total. The summed E-state index contributed by atoms with van der Waals surface area (Å²) < 4.78 is 6.29. The van der Waals surface area contributed by atoms with E-state index >= 15 is 0 Å². The summed E-state index contributed by atoms with van der Waals surface area (Å²) in [4.78, 5) is 2.41. The van der Waals surface area contributed by atoms with Gasteiger partial charge >= 0.3 is 0 Å². The fourth-order valence-corrected chi connectivity index (χ4v) is 7.94. The van der Waals surface area contributed by atoms with Crippen LogP contribution in [-0.4, -0.2) is 0 Å². The van der Waals surface area contributed by atoms with E-state index in [0.717, 1.165) is 44.6 Å². The van der Waals surface area contributed by atoms with Crippen LogP contribution in [0.15, 0.2) is 205 Å². The first-order valence-electron chi connectivity index (χ1n) is 17.8. The molecule has 0 aliphatic rings. The minimum Gasteiger partial charge on any atom is -0.456 e. The number of furan rings is 1. The minimum absolute atomic E-state index is 0.880. The van der Waals surface area contributed by atoms with Crippen LogP contribution in [-0.2, 0) is 0 Å². The molecule has 0 radical (unpaired) electrons. The molecule has 0 amide bonds. The van der Waals surface area contributed by atoms with Gasteiger partial charge in [0.25, 0.3) is 0 Å². The van der Waals surface area contributed by atoms with Crippen molar-refractivity contribution in [2.75, 3.05) is 4.90 Å². The quantitative estimate of drug-likeness (QED) is 0.165. The van der Waals surface area contributed by atoms with Crippen LogP contribution in [0.3, 0.4) is 0 Å². The van der Waals surface area contributed by atoms with Crippen LogP contribution in [0.5, 0.6) is 0 Å². The SMILES string of the molecule is c1ccc(-c2ccccc2N(c2ccc3c(c2)c(-c2ccccc2)c(-c2ccccc2)c2ccccc23)c2ccc3oc4ccccc4c3c2)cc1. The monoisotopic (exact) mass is 663 g/mol.